The van der Waals surface area contributed by atoms with Gasteiger partial charge >= 0.3 is 0 Å². The van der Waals surface area contributed by atoms with Gasteiger partial charge in [0.1, 0.15) is 11.5 Å². The second-order valence-electron chi connectivity index (χ2n) is 6.28. The molecule has 0 bridgehead atoms. The van der Waals surface area contributed by atoms with Gasteiger partial charge in [-0.2, -0.15) is 0 Å². The van der Waals surface area contributed by atoms with Crippen molar-refractivity contribution in [1.29, 1.82) is 0 Å². The number of hydrogen-bond donors (Lipinski definition) is 2. The van der Waals surface area contributed by atoms with E-state index in [4.69, 9.17) is 9.47 Å². The topological polar surface area (TPSA) is 85.4 Å². The molecule has 1 aromatic heterocycles. The summed E-state index contributed by atoms with van der Waals surface area (Å²) in [5.41, 5.74) is 3.01. The largest absolute Gasteiger partial charge is 0.495 e. The highest BCUT2D eigenvalue weighted by Gasteiger charge is 2.08. The Hall–Kier alpha value is -3.61. The van der Waals surface area contributed by atoms with E-state index in [1.54, 1.807) is 19.2 Å². The Bertz CT molecular complexity index is 941. The lowest BCUT2D eigenvalue weighted by Crippen LogP contribution is -2.21. The van der Waals surface area contributed by atoms with Crippen LogP contribution >= 0.6 is 0 Å². The molecule has 28 heavy (non-hydrogen) atoms. The molecule has 7 nitrogen and oxygen atoms in total. The number of amides is 1. The third-order valence-corrected chi connectivity index (χ3v) is 3.94. The first-order valence-corrected chi connectivity index (χ1v) is 8.78. The van der Waals surface area contributed by atoms with E-state index in [1.807, 2.05) is 56.3 Å². The van der Waals surface area contributed by atoms with Crippen LogP contribution in [0.4, 0.5) is 17.3 Å². The van der Waals surface area contributed by atoms with Crippen LogP contribution in [0.3, 0.4) is 0 Å². The Morgan fingerprint density at radius 3 is 2.29 bits per heavy atom. The average Bonchev–Trinajstić information content (AvgIpc) is 2.69. The molecule has 0 unspecified atom stereocenters. The standard InChI is InChI=1S/C21H22N4O3/c1-14-4-7-16(8-5-14)28-13-21(26)23-20-11-10-19(24-25-20)22-17-12-15(2)6-9-18(17)27-3/h4-12H,13H2,1-3H3,(H,22,24)(H,23,25,26). The van der Waals surface area contributed by atoms with E-state index in [0.29, 0.717) is 23.1 Å². The Morgan fingerprint density at radius 2 is 1.61 bits per heavy atom. The van der Waals surface area contributed by atoms with Gasteiger partial charge in [-0.05, 0) is 55.8 Å². The van der Waals surface area contributed by atoms with Gasteiger partial charge in [-0.15, -0.1) is 10.2 Å². The Kier molecular flexibility index (Phi) is 6.06. The third-order valence-electron chi connectivity index (χ3n) is 3.94. The van der Waals surface area contributed by atoms with E-state index in [1.165, 1.54) is 0 Å². The second kappa shape index (κ2) is 8.85. The molecule has 0 saturated carbocycles. The summed E-state index contributed by atoms with van der Waals surface area (Å²) in [7, 11) is 1.61. The number of hydrogen-bond acceptors (Lipinski definition) is 6. The molecule has 144 valence electrons. The van der Waals surface area contributed by atoms with Crippen molar-refractivity contribution in [2.75, 3.05) is 24.4 Å². The summed E-state index contributed by atoms with van der Waals surface area (Å²) >= 11 is 0. The maximum Gasteiger partial charge on any atom is 0.263 e. The molecule has 0 spiro atoms. The molecule has 0 aliphatic rings. The first-order valence-electron chi connectivity index (χ1n) is 8.78. The normalized spacial score (nSPS) is 10.2. The van der Waals surface area contributed by atoms with Crippen molar-refractivity contribution in [1.82, 2.24) is 10.2 Å². The number of carbonyl (C=O) groups is 1. The van der Waals surface area contributed by atoms with Crippen LogP contribution in [0, 0.1) is 13.8 Å². The van der Waals surface area contributed by atoms with Crippen molar-refractivity contribution < 1.29 is 14.3 Å². The molecular formula is C21H22N4O3. The van der Waals surface area contributed by atoms with Crippen molar-refractivity contribution in [3.63, 3.8) is 0 Å². The first kappa shape index (κ1) is 19.2. The Labute approximate surface area is 163 Å². The number of nitrogens with zero attached hydrogens (tertiary/aromatic N) is 2. The number of aryl methyl sites for hydroxylation is 2. The van der Waals surface area contributed by atoms with Crippen molar-refractivity contribution in [3.8, 4) is 11.5 Å². The molecule has 2 aromatic carbocycles. The van der Waals surface area contributed by atoms with E-state index < -0.39 is 0 Å². The van der Waals surface area contributed by atoms with Crippen molar-refractivity contribution in [2.45, 2.75) is 13.8 Å². The summed E-state index contributed by atoms with van der Waals surface area (Å²) in [4.78, 5) is 12.0. The quantitative estimate of drug-likeness (QED) is 0.649. The average molecular weight is 378 g/mol. The number of carbonyl (C=O) groups excluding carboxylic acids is 1. The number of nitrogens with one attached hydrogen (secondary N) is 2. The SMILES string of the molecule is COc1ccc(C)cc1Nc1ccc(NC(=O)COc2ccc(C)cc2)nn1. The van der Waals surface area contributed by atoms with E-state index in [9.17, 15) is 4.79 Å². The summed E-state index contributed by atoms with van der Waals surface area (Å²) < 4.78 is 10.8. The fourth-order valence-electron chi connectivity index (χ4n) is 2.49. The molecule has 0 saturated heterocycles. The number of benzene rings is 2. The fourth-order valence-corrected chi connectivity index (χ4v) is 2.49. The summed E-state index contributed by atoms with van der Waals surface area (Å²) in [5, 5.41) is 13.9. The number of ether oxygens (including phenoxy) is 2. The smallest absolute Gasteiger partial charge is 0.263 e. The maximum absolute atomic E-state index is 12.0. The van der Waals surface area contributed by atoms with Gasteiger partial charge in [-0.25, -0.2) is 0 Å². The van der Waals surface area contributed by atoms with Crippen LogP contribution in [0.15, 0.2) is 54.6 Å². The third kappa shape index (κ3) is 5.20. The molecule has 0 aliphatic carbocycles. The second-order valence-corrected chi connectivity index (χ2v) is 6.28. The monoisotopic (exact) mass is 378 g/mol. The van der Waals surface area contributed by atoms with Gasteiger partial charge in [0.25, 0.3) is 5.91 Å². The minimum atomic E-state index is -0.309. The number of anilines is 3. The molecule has 1 amide bonds. The molecule has 2 N–H and O–H groups in total. The lowest BCUT2D eigenvalue weighted by molar-refractivity contribution is -0.118. The number of rotatable bonds is 7. The molecule has 0 atom stereocenters. The van der Waals surface area contributed by atoms with Crippen molar-refractivity contribution >= 4 is 23.2 Å². The van der Waals surface area contributed by atoms with Crippen LogP contribution in [0.1, 0.15) is 11.1 Å². The molecule has 3 aromatic rings. The van der Waals surface area contributed by atoms with Crippen LogP contribution in [0.25, 0.3) is 0 Å². The molecule has 3 rings (SSSR count). The summed E-state index contributed by atoms with van der Waals surface area (Å²) in [6, 6.07) is 16.7. The fraction of sp³-hybridized carbons (Fsp3) is 0.190. The van der Waals surface area contributed by atoms with E-state index in [0.717, 1.165) is 16.8 Å². The molecule has 7 heteroatoms. The van der Waals surface area contributed by atoms with Crippen LogP contribution in [0.2, 0.25) is 0 Å². The highest BCUT2D eigenvalue weighted by Crippen LogP contribution is 2.27. The molecular weight excluding hydrogens is 356 g/mol. The van der Waals surface area contributed by atoms with Gasteiger partial charge in [0.2, 0.25) is 0 Å². The van der Waals surface area contributed by atoms with Gasteiger partial charge in [0.15, 0.2) is 18.2 Å². The molecule has 1 heterocycles. The zero-order valence-electron chi connectivity index (χ0n) is 16.0. The highest BCUT2D eigenvalue weighted by molar-refractivity contribution is 5.90. The van der Waals surface area contributed by atoms with Crippen LogP contribution < -0.4 is 20.1 Å². The molecule has 0 fully saturated rings. The van der Waals surface area contributed by atoms with Gasteiger partial charge < -0.3 is 20.1 Å². The minimum Gasteiger partial charge on any atom is -0.495 e. The van der Waals surface area contributed by atoms with Gasteiger partial charge in [-0.1, -0.05) is 23.8 Å². The van der Waals surface area contributed by atoms with Gasteiger partial charge in [-0.3, -0.25) is 4.79 Å². The van der Waals surface area contributed by atoms with Crippen LogP contribution in [-0.4, -0.2) is 29.8 Å². The minimum absolute atomic E-state index is 0.106. The van der Waals surface area contributed by atoms with Gasteiger partial charge in [0.05, 0.1) is 12.8 Å². The molecule has 0 aliphatic heterocycles. The van der Waals surface area contributed by atoms with E-state index >= 15 is 0 Å². The summed E-state index contributed by atoms with van der Waals surface area (Å²) in [6.45, 7) is 3.88. The highest BCUT2D eigenvalue weighted by atomic mass is 16.5. The number of aromatic nitrogens is 2. The predicted molar refractivity (Wildman–Crippen MR) is 108 cm³/mol. The van der Waals surface area contributed by atoms with Crippen LogP contribution in [-0.2, 0) is 4.79 Å². The summed E-state index contributed by atoms with van der Waals surface area (Å²) in [5.74, 6) is 1.92. The Balaban J connectivity index is 1.56. The zero-order chi connectivity index (χ0) is 19.9. The lowest BCUT2D eigenvalue weighted by Gasteiger charge is -2.11. The van der Waals surface area contributed by atoms with E-state index in [2.05, 4.69) is 20.8 Å². The van der Waals surface area contributed by atoms with Crippen molar-refractivity contribution in [2.24, 2.45) is 0 Å². The molecule has 0 radical (unpaired) electrons. The predicted octanol–water partition coefficient (Wildman–Crippen LogP) is 3.86. The number of methoxy groups -OCH3 is 1. The zero-order valence-corrected chi connectivity index (χ0v) is 16.0. The first-order chi connectivity index (χ1) is 13.5. The van der Waals surface area contributed by atoms with Crippen molar-refractivity contribution in [3.05, 3.63) is 65.7 Å². The van der Waals surface area contributed by atoms with Crippen LogP contribution in [0.5, 0.6) is 11.5 Å². The maximum atomic E-state index is 12.0. The Morgan fingerprint density at radius 1 is 0.929 bits per heavy atom. The van der Waals surface area contributed by atoms with E-state index in [-0.39, 0.29) is 12.5 Å². The summed E-state index contributed by atoms with van der Waals surface area (Å²) in [6.07, 6.45) is 0. The van der Waals surface area contributed by atoms with Gasteiger partial charge in [0, 0.05) is 0 Å². The lowest BCUT2D eigenvalue weighted by atomic mass is 10.2.